The number of aliphatic hydroxyl groups excluding tert-OH is 1. The molecule has 0 amide bonds. The van der Waals surface area contributed by atoms with E-state index < -0.39 is 6.10 Å². The van der Waals surface area contributed by atoms with Crippen molar-refractivity contribution in [2.24, 2.45) is 0 Å². The Hall–Kier alpha value is -1.35. The lowest BCUT2D eigenvalue weighted by atomic mass is 9.96. The van der Waals surface area contributed by atoms with Crippen molar-refractivity contribution in [1.29, 1.82) is 0 Å². The molecule has 20 heavy (non-hydrogen) atoms. The highest BCUT2D eigenvalue weighted by atomic mass is 16.6. The van der Waals surface area contributed by atoms with Crippen molar-refractivity contribution in [1.82, 2.24) is 0 Å². The Bertz CT molecular complexity index is 402. The van der Waals surface area contributed by atoms with E-state index in [4.69, 9.17) is 4.74 Å². The molecular formula is C17H24O3. The molecule has 1 aromatic carbocycles. The Morgan fingerprint density at radius 2 is 1.80 bits per heavy atom. The summed E-state index contributed by atoms with van der Waals surface area (Å²) >= 11 is 0. The Balaban J connectivity index is 1.77. The van der Waals surface area contributed by atoms with Gasteiger partial charge in [-0.1, -0.05) is 49.6 Å². The van der Waals surface area contributed by atoms with Gasteiger partial charge >= 0.3 is 5.97 Å². The molecule has 1 fully saturated rings. The molecule has 0 radical (unpaired) electrons. The average Bonchev–Trinajstić information content (AvgIpc) is 2.46. The topological polar surface area (TPSA) is 46.5 Å². The molecule has 0 aliphatic heterocycles. The zero-order valence-corrected chi connectivity index (χ0v) is 12.0. The second-order valence-electron chi connectivity index (χ2n) is 5.57. The molecule has 2 atom stereocenters. The van der Waals surface area contributed by atoms with Gasteiger partial charge in [0.05, 0.1) is 6.10 Å². The van der Waals surface area contributed by atoms with Gasteiger partial charge in [0.25, 0.3) is 0 Å². The second-order valence-corrected chi connectivity index (χ2v) is 5.57. The van der Waals surface area contributed by atoms with E-state index in [9.17, 15) is 9.90 Å². The molecule has 0 bridgehead atoms. The second kappa shape index (κ2) is 8.05. The Labute approximate surface area is 121 Å². The van der Waals surface area contributed by atoms with Gasteiger partial charge in [-0.25, -0.2) is 0 Å². The van der Waals surface area contributed by atoms with Crippen molar-refractivity contribution in [2.75, 3.05) is 0 Å². The third-order valence-electron chi connectivity index (χ3n) is 3.91. The van der Waals surface area contributed by atoms with E-state index in [0.717, 1.165) is 31.2 Å². The van der Waals surface area contributed by atoms with Crippen LogP contribution in [0.2, 0.25) is 0 Å². The molecule has 1 saturated carbocycles. The SMILES string of the molecule is O=C(CCc1ccccc1)O[C@H]1CCCCCC[C@@H]1O. The van der Waals surface area contributed by atoms with Gasteiger partial charge in [-0.15, -0.1) is 0 Å². The smallest absolute Gasteiger partial charge is 0.306 e. The summed E-state index contributed by atoms with van der Waals surface area (Å²) in [5, 5.41) is 10.0. The number of esters is 1. The van der Waals surface area contributed by atoms with E-state index in [1.165, 1.54) is 12.8 Å². The van der Waals surface area contributed by atoms with Gasteiger partial charge in [0, 0.05) is 6.42 Å². The maximum Gasteiger partial charge on any atom is 0.306 e. The zero-order chi connectivity index (χ0) is 14.2. The van der Waals surface area contributed by atoms with Crippen LogP contribution in [0, 0.1) is 0 Å². The molecule has 1 N–H and O–H groups in total. The largest absolute Gasteiger partial charge is 0.460 e. The number of hydrogen-bond donors (Lipinski definition) is 1. The Morgan fingerprint density at radius 3 is 2.55 bits per heavy atom. The van der Waals surface area contributed by atoms with Crippen LogP contribution in [0.15, 0.2) is 30.3 Å². The Kier molecular flexibility index (Phi) is 6.06. The highest BCUT2D eigenvalue weighted by molar-refractivity contribution is 5.70. The normalized spacial score (nSPS) is 23.6. The third kappa shape index (κ3) is 4.97. The average molecular weight is 276 g/mol. The van der Waals surface area contributed by atoms with Crippen molar-refractivity contribution in [2.45, 2.75) is 63.6 Å². The van der Waals surface area contributed by atoms with Crippen LogP contribution in [0.4, 0.5) is 0 Å². The summed E-state index contributed by atoms with van der Waals surface area (Å²) in [4.78, 5) is 11.9. The van der Waals surface area contributed by atoms with E-state index in [0.29, 0.717) is 12.8 Å². The van der Waals surface area contributed by atoms with E-state index >= 15 is 0 Å². The van der Waals surface area contributed by atoms with Crippen molar-refractivity contribution in [3.8, 4) is 0 Å². The number of carbonyl (C=O) groups is 1. The minimum absolute atomic E-state index is 0.196. The molecule has 1 aliphatic rings. The lowest BCUT2D eigenvalue weighted by Crippen LogP contribution is -2.32. The molecule has 3 nitrogen and oxygen atoms in total. The van der Waals surface area contributed by atoms with Crippen LogP contribution in [0.1, 0.15) is 50.5 Å². The van der Waals surface area contributed by atoms with E-state index in [-0.39, 0.29) is 12.1 Å². The molecule has 0 spiro atoms. The summed E-state index contributed by atoms with van der Waals surface area (Å²) in [6.45, 7) is 0. The molecule has 2 rings (SSSR count). The van der Waals surface area contributed by atoms with E-state index in [2.05, 4.69) is 0 Å². The summed E-state index contributed by atoms with van der Waals surface area (Å²) < 4.78 is 5.47. The third-order valence-corrected chi connectivity index (χ3v) is 3.91. The quantitative estimate of drug-likeness (QED) is 0.859. The number of rotatable bonds is 4. The zero-order valence-electron chi connectivity index (χ0n) is 12.0. The van der Waals surface area contributed by atoms with Crippen molar-refractivity contribution < 1.29 is 14.6 Å². The van der Waals surface area contributed by atoms with Gasteiger partial charge in [-0.05, 0) is 31.2 Å². The predicted molar refractivity (Wildman–Crippen MR) is 78.4 cm³/mol. The van der Waals surface area contributed by atoms with E-state index in [1.54, 1.807) is 0 Å². The van der Waals surface area contributed by atoms with Crippen LogP contribution in [0.5, 0.6) is 0 Å². The fraction of sp³-hybridized carbons (Fsp3) is 0.588. The van der Waals surface area contributed by atoms with Crippen molar-refractivity contribution in [3.63, 3.8) is 0 Å². The van der Waals surface area contributed by atoms with Crippen molar-refractivity contribution in [3.05, 3.63) is 35.9 Å². The highest BCUT2D eigenvalue weighted by Crippen LogP contribution is 2.20. The minimum atomic E-state index is -0.490. The number of ether oxygens (including phenoxy) is 1. The first-order valence-corrected chi connectivity index (χ1v) is 7.67. The highest BCUT2D eigenvalue weighted by Gasteiger charge is 2.24. The number of aryl methyl sites for hydroxylation is 1. The summed E-state index contributed by atoms with van der Waals surface area (Å²) in [5.74, 6) is -0.196. The van der Waals surface area contributed by atoms with E-state index in [1.807, 2.05) is 30.3 Å². The van der Waals surface area contributed by atoms with Gasteiger partial charge < -0.3 is 9.84 Å². The first-order valence-electron chi connectivity index (χ1n) is 7.67. The lowest BCUT2D eigenvalue weighted by Gasteiger charge is -2.25. The molecule has 1 aromatic rings. The first-order chi connectivity index (χ1) is 9.75. The van der Waals surface area contributed by atoms with Gasteiger partial charge in [0.2, 0.25) is 0 Å². The first kappa shape index (κ1) is 15.0. The minimum Gasteiger partial charge on any atom is -0.460 e. The summed E-state index contributed by atoms with van der Waals surface area (Å²) in [6, 6.07) is 9.93. The number of benzene rings is 1. The summed E-state index contributed by atoms with van der Waals surface area (Å²) in [5.41, 5.74) is 1.14. The fourth-order valence-corrected chi connectivity index (χ4v) is 2.69. The van der Waals surface area contributed by atoms with Gasteiger partial charge in [-0.3, -0.25) is 4.79 Å². The van der Waals surface area contributed by atoms with Crippen LogP contribution >= 0.6 is 0 Å². The maximum absolute atomic E-state index is 11.9. The van der Waals surface area contributed by atoms with Crippen LogP contribution < -0.4 is 0 Å². The lowest BCUT2D eigenvalue weighted by molar-refractivity contribution is -0.156. The Morgan fingerprint density at radius 1 is 1.10 bits per heavy atom. The van der Waals surface area contributed by atoms with Gasteiger partial charge in [0.1, 0.15) is 6.10 Å². The predicted octanol–water partition coefficient (Wildman–Crippen LogP) is 3.25. The number of carbonyl (C=O) groups excluding carboxylic acids is 1. The van der Waals surface area contributed by atoms with Crippen LogP contribution in [-0.4, -0.2) is 23.3 Å². The molecule has 0 heterocycles. The molecule has 3 heteroatoms. The number of aliphatic hydroxyl groups is 1. The summed E-state index contributed by atoms with van der Waals surface area (Å²) in [7, 11) is 0. The van der Waals surface area contributed by atoms with Crippen LogP contribution in [0.25, 0.3) is 0 Å². The van der Waals surface area contributed by atoms with Gasteiger partial charge in [0.15, 0.2) is 0 Å². The standard InChI is InChI=1S/C17H24O3/c18-15-10-6-1-2-7-11-16(15)20-17(19)13-12-14-8-4-3-5-9-14/h3-5,8-9,15-16,18H,1-2,6-7,10-13H2/t15-,16-/m0/s1. The molecule has 0 saturated heterocycles. The molecule has 0 aromatic heterocycles. The molecule has 0 unspecified atom stereocenters. The molecule has 1 aliphatic carbocycles. The van der Waals surface area contributed by atoms with Crippen LogP contribution in [0.3, 0.4) is 0 Å². The monoisotopic (exact) mass is 276 g/mol. The molecule has 110 valence electrons. The summed E-state index contributed by atoms with van der Waals surface area (Å²) in [6.07, 6.45) is 6.23. The van der Waals surface area contributed by atoms with Crippen LogP contribution in [-0.2, 0) is 16.0 Å². The maximum atomic E-state index is 11.9. The molecular weight excluding hydrogens is 252 g/mol. The fourth-order valence-electron chi connectivity index (χ4n) is 2.69. The van der Waals surface area contributed by atoms with Crippen molar-refractivity contribution >= 4 is 5.97 Å². The van der Waals surface area contributed by atoms with Gasteiger partial charge in [-0.2, -0.15) is 0 Å². The number of hydrogen-bond acceptors (Lipinski definition) is 3.